The number of amides is 1. The lowest BCUT2D eigenvalue weighted by Gasteiger charge is -2.26. The van der Waals surface area contributed by atoms with Crippen molar-refractivity contribution >= 4 is 30.7 Å². The summed E-state index contributed by atoms with van der Waals surface area (Å²) in [5.41, 5.74) is 1.26. The standard InChI is InChI=1S/C14H22N4O.2ClH/c1-17-9-13(8-16-17)12-4-6-18(10-12)14(19)11-3-2-5-15-7-11;;/h8-9,11-12,15H,2-7,10H2,1H3;2*1H. The number of carbonyl (C=O) groups excluding carboxylic acids is 1. The largest absolute Gasteiger partial charge is 0.342 e. The third-order valence-corrected chi connectivity index (χ3v) is 4.34. The van der Waals surface area contributed by atoms with E-state index in [2.05, 4.69) is 21.5 Å². The summed E-state index contributed by atoms with van der Waals surface area (Å²) in [7, 11) is 1.94. The summed E-state index contributed by atoms with van der Waals surface area (Å²) in [5.74, 6) is 1.01. The van der Waals surface area contributed by atoms with Crippen molar-refractivity contribution in [2.45, 2.75) is 25.2 Å². The zero-order chi connectivity index (χ0) is 13.2. The van der Waals surface area contributed by atoms with Gasteiger partial charge in [-0.2, -0.15) is 5.10 Å². The topological polar surface area (TPSA) is 50.2 Å². The fraction of sp³-hybridized carbons (Fsp3) is 0.714. The Hall–Kier alpha value is -0.780. The average molecular weight is 335 g/mol. The maximum atomic E-state index is 12.4. The molecule has 1 N–H and O–H groups in total. The first kappa shape index (κ1) is 18.3. The van der Waals surface area contributed by atoms with E-state index in [1.165, 1.54) is 5.56 Å². The van der Waals surface area contributed by atoms with Gasteiger partial charge in [-0.1, -0.05) is 0 Å². The van der Waals surface area contributed by atoms with E-state index in [1.54, 1.807) is 0 Å². The number of aryl methyl sites for hydroxylation is 1. The van der Waals surface area contributed by atoms with Crippen LogP contribution in [0.5, 0.6) is 0 Å². The minimum absolute atomic E-state index is 0. The number of hydrogen-bond donors (Lipinski definition) is 1. The number of rotatable bonds is 2. The Morgan fingerprint density at radius 1 is 1.38 bits per heavy atom. The Balaban J connectivity index is 0.00000110. The lowest BCUT2D eigenvalue weighted by molar-refractivity contribution is -0.135. The van der Waals surface area contributed by atoms with Crippen molar-refractivity contribution < 1.29 is 4.79 Å². The van der Waals surface area contributed by atoms with Crippen molar-refractivity contribution in [3.63, 3.8) is 0 Å². The van der Waals surface area contributed by atoms with Gasteiger partial charge in [0.2, 0.25) is 5.91 Å². The van der Waals surface area contributed by atoms with Crippen LogP contribution in [0.1, 0.15) is 30.7 Å². The van der Waals surface area contributed by atoms with Crippen molar-refractivity contribution in [3.05, 3.63) is 18.0 Å². The number of nitrogens with zero attached hydrogens (tertiary/aromatic N) is 3. The van der Waals surface area contributed by atoms with Crippen LogP contribution in [0.4, 0.5) is 0 Å². The zero-order valence-electron chi connectivity index (χ0n) is 12.3. The molecule has 5 nitrogen and oxygen atoms in total. The Bertz CT molecular complexity index is 460. The molecule has 0 aromatic carbocycles. The van der Waals surface area contributed by atoms with Crippen LogP contribution in [-0.2, 0) is 11.8 Å². The normalized spacial score (nSPS) is 25.1. The number of nitrogens with one attached hydrogen (secondary N) is 1. The summed E-state index contributed by atoms with van der Waals surface area (Å²) in [4.78, 5) is 14.5. The van der Waals surface area contributed by atoms with Crippen LogP contribution in [0.3, 0.4) is 0 Å². The predicted molar refractivity (Wildman–Crippen MR) is 87.2 cm³/mol. The van der Waals surface area contributed by atoms with E-state index < -0.39 is 0 Å². The quantitative estimate of drug-likeness (QED) is 0.893. The van der Waals surface area contributed by atoms with Gasteiger partial charge < -0.3 is 10.2 Å². The van der Waals surface area contributed by atoms with Crippen LogP contribution in [0.15, 0.2) is 12.4 Å². The van der Waals surface area contributed by atoms with Crippen LogP contribution in [0.25, 0.3) is 0 Å². The van der Waals surface area contributed by atoms with Crippen molar-refractivity contribution in [1.29, 1.82) is 0 Å². The molecule has 0 spiro atoms. The molecule has 2 atom stereocenters. The highest BCUT2D eigenvalue weighted by Gasteiger charge is 2.32. The number of carbonyl (C=O) groups is 1. The molecule has 120 valence electrons. The number of aromatic nitrogens is 2. The molecule has 2 unspecified atom stereocenters. The fourth-order valence-electron chi connectivity index (χ4n) is 3.20. The van der Waals surface area contributed by atoms with Gasteiger partial charge >= 0.3 is 0 Å². The SMILES string of the molecule is Cl.Cl.Cn1cc(C2CCN(C(=O)C3CCCNC3)C2)cn1. The van der Waals surface area contributed by atoms with E-state index in [9.17, 15) is 4.79 Å². The second-order valence-electron chi connectivity index (χ2n) is 5.76. The maximum absolute atomic E-state index is 12.4. The lowest BCUT2D eigenvalue weighted by atomic mass is 9.98. The van der Waals surface area contributed by atoms with Gasteiger partial charge in [0.15, 0.2) is 0 Å². The van der Waals surface area contributed by atoms with E-state index in [0.29, 0.717) is 11.8 Å². The fourth-order valence-corrected chi connectivity index (χ4v) is 3.20. The van der Waals surface area contributed by atoms with Crippen LogP contribution >= 0.6 is 24.8 Å². The molecule has 0 aliphatic carbocycles. The highest BCUT2D eigenvalue weighted by molar-refractivity contribution is 5.85. The number of halogens is 2. The van der Waals surface area contributed by atoms with E-state index in [1.807, 2.05) is 17.9 Å². The number of hydrogen-bond acceptors (Lipinski definition) is 3. The molecule has 2 fully saturated rings. The molecule has 2 saturated heterocycles. The van der Waals surface area contributed by atoms with Gasteiger partial charge in [0, 0.05) is 38.8 Å². The van der Waals surface area contributed by atoms with E-state index in [4.69, 9.17) is 0 Å². The smallest absolute Gasteiger partial charge is 0.226 e. The maximum Gasteiger partial charge on any atom is 0.226 e. The second-order valence-corrected chi connectivity index (χ2v) is 5.76. The van der Waals surface area contributed by atoms with Gasteiger partial charge in [0.25, 0.3) is 0 Å². The van der Waals surface area contributed by atoms with E-state index >= 15 is 0 Å². The van der Waals surface area contributed by atoms with Crippen molar-refractivity contribution in [1.82, 2.24) is 20.0 Å². The summed E-state index contributed by atoms with van der Waals surface area (Å²) in [6.07, 6.45) is 7.23. The molecule has 1 aromatic heterocycles. The molecular formula is C14H24Cl2N4O. The highest BCUT2D eigenvalue weighted by atomic mass is 35.5. The van der Waals surface area contributed by atoms with Gasteiger partial charge in [0.1, 0.15) is 0 Å². The third-order valence-electron chi connectivity index (χ3n) is 4.34. The van der Waals surface area contributed by atoms with Gasteiger partial charge in [-0.05, 0) is 31.4 Å². The summed E-state index contributed by atoms with van der Waals surface area (Å²) in [6, 6.07) is 0. The molecule has 1 aromatic rings. The molecular weight excluding hydrogens is 311 g/mol. The summed E-state index contributed by atoms with van der Waals surface area (Å²) in [5, 5.41) is 7.55. The van der Waals surface area contributed by atoms with Crippen LogP contribution in [0, 0.1) is 5.92 Å². The van der Waals surface area contributed by atoms with E-state index in [-0.39, 0.29) is 30.7 Å². The number of likely N-dealkylation sites (tertiary alicyclic amines) is 1. The van der Waals surface area contributed by atoms with Crippen molar-refractivity contribution in [2.75, 3.05) is 26.2 Å². The molecule has 0 saturated carbocycles. The van der Waals surface area contributed by atoms with Crippen molar-refractivity contribution in [2.24, 2.45) is 13.0 Å². The molecule has 3 rings (SSSR count). The Labute approximate surface area is 138 Å². The van der Waals surface area contributed by atoms with Gasteiger partial charge in [0.05, 0.1) is 12.1 Å². The van der Waals surface area contributed by atoms with Gasteiger partial charge in [-0.25, -0.2) is 0 Å². The highest BCUT2D eigenvalue weighted by Crippen LogP contribution is 2.28. The molecule has 21 heavy (non-hydrogen) atoms. The number of piperidine rings is 1. The molecule has 1 amide bonds. The minimum atomic E-state index is 0. The predicted octanol–water partition coefficient (Wildman–Crippen LogP) is 1.58. The van der Waals surface area contributed by atoms with E-state index in [0.717, 1.165) is 45.4 Å². The Morgan fingerprint density at radius 2 is 2.19 bits per heavy atom. The zero-order valence-corrected chi connectivity index (χ0v) is 14.0. The molecule has 7 heteroatoms. The van der Waals surface area contributed by atoms with Gasteiger partial charge in [-0.3, -0.25) is 9.48 Å². The molecule has 2 aliphatic rings. The third kappa shape index (κ3) is 4.11. The summed E-state index contributed by atoms with van der Waals surface area (Å²) in [6.45, 7) is 3.67. The lowest BCUT2D eigenvalue weighted by Crippen LogP contribution is -2.42. The Morgan fingerprint density at radius 3 is 2.81 bits per heavy atom. The first-order valence-electron chi connectivity index (χ1n) is 7.22. The van der Waals surface area contributed by atoms with Crippen LogP contribution in [0.2, 0.25) is 0 Å². The van der Waals surface area contributed by atoms with Crippen LogP contribution < -0.4 is 5.32 Å². The molecule has 3 heterocycles. The average Bonchev–Trinajstić information content (AvgIpc) is 3.07. The summed E-state index contributed by atoms with van der Waals surface area (Å²) >= 11 is 0. The minimum Gasteiger partial charge on any atom is -0.342 e. The first-order valence-corrected chi connectivity index (χ1v) is 7.22. The molecule has 2 aliphatic heterocycles. The van der Waals surface area contributed by atoms with Crippen LogP contribution in [-0.4, -0.2) is 46.8 Å². The second kappa shape index (κ2) is 8.01. The monoisotopic (exact) mass is 334 g/mol. The molecule has 0 bridgehead atoms. The summed E-state index contributed by atoms with van der Waals surface area (Å²) < 4.78 is 1.84. The van der Waals surface area contributed by atoms with Crippen molar-refractivity contribution in [3.8, 4) is 0 Å². The first-order chi connectivity index (χ1) is 9.24. The van der Waals surface area contributed by atoms with Gasteiger partial charge in [-0.15, -0.1) is 24.8 Å². The molecule has 0 radical (unpaired) electrons. The Kier molecular flexibility index (Phi) is 6.97.